The number of unbranched alkanes of at least 4 members (excludes halogenated alkanes) is 7. The van der Waals surface area contributed by atoms with Gasteiger partial charge in [0.1, 0.15) is 5.75 Å². The van der Waals surface area contributed by atoms with Crippen LogP contribution in [0, 0.1) is 5.92 Å². The Hall–Kier alpha value is -1.51. The summed E-state index contributed by atoms with van der Waals surface area (Å²) >= 11 is 0. The number of rotatable bonds is 14. The number of esters is 1. The Bertz CT molecular complexity index is 704. The molecule has 0 spiro atoms. The minimum absolute atomic E-state index is 0.0168. The standard InChI is InChI=1S/C30H52O3/c1-23(2)17-15-13-11-9-10-12-14-16-20-33-27(31)19-18-24-21-25(29(3,4)5)22-26(28(24)32)30(6,7)8/h21-23,32H,9-20H2,1-8H3. The lowest BCUT2D eigenvalue weighted by molar-refractivity contribution is -0.143. The molecule has 0 unspecified atom stereocenters. The highest BCUT2D eigenvalue weighted by Crippen LogP contribution is 2.38. The SMILES string of the molecule is CC(C)CCCCCCCCCCOC(=O)CCc1cc(C(C)(C)C)cc(C(C)(C)C)c1O. The molecular weight excluding hydrogens is 408 g/mol. The Morgan fingerprint density at radius 3 is 1.91 bits per heavy atom. The van der Waals surface area contributed by atoms with Crippen molar-refractivity contribution >= 4 is 5.97 Å². The molecule has 1 rings (SSSR count). The van der Waals surface area contributed by atoms with Gasteiger partial charge in [-0.05, 0) is 46.3 Å². The van der Waals surface area contributed by atoms with Gasteiger partial charge in [0.25, 0.3) is 0 Å². The summed E-state index contributed by atoms with van der Waals surface area (Å²) in [4.78, 5) is 12.3. The minimum atomic E-state index is -0.168. The Morgan fingerprint density at radius 2 is 1.39 bits per heavy atom. The lowest BCUT2D eigenvalue weighted by Crippen LogP contribution is -2.18. The molecule has 33 heavy (non-hydrogen) atoms. The first-order chi connectivity index (χ1) is 15.3. The molecule has 0 aliphatic carbocycles. The molecule has 0 bridgehead atoms. The summed E-state index contributed by atoms with van der Waals surface area (Å²) in [5, 5.41) is 10.9. The van der Waals surface area contributed by atoms with Crippen molar-refractivity contribution in [2.75, 3.05) is 6.61 Å². The van der Waals surface area contributed by atoms with Crippen molar-refractivity contribution < 1.29 is 14.6 Å². The summed E-state index contributed by atoms with van der Waals surface area (Å²) in [5.74, 6) is 0.985. The van der Waals surface area contributed by atoms with Crippen LogP contribution in [0.4, 0.5) is 0 Å². The lowest BCUT2D eigenvalue weighted by atomic mass is 9.78. The van der Waals surface area contributed by atoms with Crippen molar-refractivity contribution in [3.63, 3.8) is 0 Å². The Labute approximate surface area is 204 Å². The molecule has 1 aromatic carbocycles. The molecule has 3 nitrogen and oxygen atoms in total. The molecule has 0 aliphatic heterocycles. The molecule has 0 aliphatic rings. The van der Waals surface area contributed by atoms with E-state index in [0.717, 1.165) is 29.9 Å². The third kappa shape index (κ3) is 12.0. The number of carbonyl (C=O) groups is 1. The number of aryl methyl sites for hydroxylation is 1. The second kappa shape index (κ2) is 14.0. The first-order valence-electron chi connectivity index (χ1n) is 13.3. The maximum Gasteiger partial charge on any atom is 0.306 e. The molecule has 0 atom stereocenters. The average Bonchev–Trinajstić information content (AvgIpc) is 2.69. The van der Waals surface area contributed by atoms with E-state index in [9.17, 15) is 9.90 Å². The summed E-state index contributed by atoms with van der Waals surface area (Å²) < 4.78 is 5.46. The quantitative estimate of drug-likeness (QED) is 0.223. The number of carbonyl (C=O) groups excluding carboxylic acids is 1. The molecule has 1 aromatic rings. The number of hydrogen-bond donors (Lipinski definition) is 1. The van der Waals surface area contributed by atoms with Gasteiger partial charge in [0.2, 0.25) is 0 Å². The number of hydrogen-bond acceptors (Lipinski definition) is 3. The van der Waals surface area contributed by atoms with E-state index in [2.05, 4.69) is 67.5 Å². The Balaban J connectivity index is 2.36. The fourth-order valence-corrected chi connectivity index (χ4v) is 4.10. The first-order valence-corrected chi connectivity index (χ1v) is 13.3. The van der Waals surface area contributed by atoms with E-state index in [1.54, 1.807) is 0 Å². The van der Waals surface area contributed by atoms with Crippen LogP contribution in [0.2, 0.25) is 0 Å². The second-order valence-corrected chi connectivity index (χ2v) is 12.3. The predicted molar refractivity (Wildman–Crippen MR) is 141 cm³/mol. The molecule has 1 N–H and O–H groups in total. The molecular formula is C30H52O3. The molecule has 0 fully saturated rings. The van der Waals surface area contributed by atoms with Crippen LogP contribution in [0.15, 0.2) is 12.1 Å². The summed E-state index contributed by atoms with van der Waals surface area (Å²) in [5.41, 5.74) is 2.80. The smallest absolute Gasteiger partial charge is 0.306 e. The van der Waals surface area contributed by atoms with Crippen LogP contribution in [0.1, 0.15) is 136 Å². The van der Waals surface area contributed by atoms with Crippen molar-refractivity contribution in [3.8, 4) is 5.75 Å². The van der Waals surface area contributed by atoms with Gasteiger partial charge in [-0.2, -0.15) is 0 Å². The number of aromatic hydroxyl groups is 1. The highest BCUT2D eigenvalue weighted by molar-refractivity contribution is 5.70. The zero-order valence-electron chi connectivity index (χ0n) is 23.0. The molecule has 0 heterocycles. The van der Waals surface area contributed by atoms with Crippen molar-refractivity contribution in [1.29, 1.82) is 0 Å². The van der Waals surface area contributed by atoms with Crippen LogP contribution < -0.4 is 0 Å². The number of phenols is 1. The van der Waals surface area contributed by atoms with Crippen LogP contribution in [-0.4, -0.2) is 17.7 Å². The molecule has 0 aromatic heterocycles. The van der Waals surface area contributed by atoms with Crippen LogP contribution in [0.5, 0.6) is 5.75 Å². The molecule has 190 valence electrons. The van der Waals surface area contributed by atoms with Gasteiger partial charge in [0.05, 0.1) is 6.61 Å². The largest absolute Gasteiger partial charge is 0.507 e. The van der Waals surface area contributed by atoms with Crippen molar-refractivity contribution in [2.24, 2.45) is 5.92 Å². The van der Waals surface area contributed by atoms with Gasteiger partial charge in [0, 0.05) is 6.42 Å². The molecule has 0 saturated carbocycles. The summed E-state index contributed by atoms with van der Waals surface area (Å²) in [7, 11) is 0. The number of phenolic OH excluding ortho intramolecular Hbond substituents is 1. The Kier molecular flexibility index (Phi) is 12.5. The van der Waals surface area contributed by atoms with Gasteiger partial charge in [-0.3, -0.25) is 4.79 Å². The van der Waals surface area contributed by atoms with Gasteiger partial charge >= 0.3 is 5.97 Å². The number of ether oxygens (including phenoxy) is 1. The van der Waals surface area contributed by atoms with Gasteiger partial charge in [-0.25, -0.2) is 0 Å². The average molecular weight is 461 g/mol. The molecule has 0 amide bonds. The summed E-state index contributed by atoms with van der Waals surface area (Å²) in [6.45, 7) is 18.0. The van der Waals surface area contributed by atoms with E-state index in [1.165, 1.54) is 50.5 Å². The normalized spacial score (nSPS) is 12.4. The Morgan fingerprint density at radius 1 is 0.848 bits per heavy atom. The highest BCUT2D eigenvalue weighted by Gasteiger charge is 2.25. The topological polar surface area (TPSA) is 46.5 Å². The minimum Gasteiger partial charge on any atom is -0.507 e. The van der Waals surface area contributed by atoms with Crippen LogP contribution in [0.25, 0.3) is 0 Å². The zero-order chi connectivity index (χ0) is 25.1. The van der Waals surface area contributed by atoms with Gasteiger partial charge in [0.15, 0.2) is 0 Å². The van der Waals surface area contributed by atoms with Crippen molar-refractivity contribution in [3.05, 3.63) is 28.8 Å². The highest BCUT2D eigenvalue weighted by atomic mass is 16.5. The maximum atomic E-state index is 12.3. The van der Waals surface area contributed by atoms with Crippen molar-refractivity contribution in [2.45, 2.75) is 137 Å². The third-order valence-corrected chi connectivity index (χ3v) is 6.40. The van der Waals surface area contributed by atoms with Gasteiger partial charge in [-0.15, -0.1) is 0 Å². The monoisotopic (exact) mass is 460 g/mol. The predicted octanol–water partition coefficient (Wildman–Crippen LogP) is 8.63. The van der Waals surface area contributed by atoms with E-state index < -0.39 is 0 Å². The maximum absolute atomic E-state index is 12.3. The van der Waals surface area contributed by atoms with Gasteiger partial charge < -0.3 is 9.84 Å². The van der Waals surface area contributed by atoms with E-state index in [4.69, 9.17) is 4.74 Å². The zero-order valence-corrected chi connectivity index (χ0v) is 23.0. The third-order valence-electron chi connectivity index (χ3n) is 6.40. The molecule has 0 saturated heterocycles. The second-order valence-electron chi connectivity index (χ2n) is 12.3. The van der Waals surface area contributed by atoms with Crippen molar-refractivity contribution in [1.82, 2.24) is 0 Å². The van der Waals surface area contributed by atoms with Gasteiger partial charge in [-0.1, -0.05) is 119 Å². The van der Waals surface area contributed by atoms with E-state index in [-0.39, 0.29) is 16.8 Å². The van der Waals surface area contributed by atoms with E-state index >= 15 is 0 Å². The van der Waals surface area contributed by atoms with E-state index in [1.807, 2.05) is 0 Å². The summed E-state index contributed by atoms with van der Waals surface area (Å²) in [6.07, 6.45) is 12.2. The number of benzene rings is 1. The first kappa shape index (κ1) is 29.5. The fourth-order valence-electron chi connectivity index (χ4n) is 4.10. The van der Waals surface area contributed by atoms with Crippen LogP contribution in [0.3, 0.4) is 0 Å². The van der Waals surface area contributed by atoms with Crippen LogP contribution in [-0.2, 0) is 26.8 Å². The molecule has 3 heteroatoms. The van der Waals surface area contributed by atoms with E-state index in [0.29, 0.717) is 25.2 Å². The molecule has 0 radical (unpaired) electrons. The fraction of sp³-hybridized carbons (Fsp3) is 0.767. The van der Waals surface area contributed by atoms with Crippen LogP contribution >= 0.6 is 0 Å². The lowest BCUT2D eigenvalue weighted by Gasteiger charge is -2.27. The summed E-state index contributed by atoms with van der Waals surface area (Å²) in [6, 6.07) is 4.17.